The molecule has 0 bridgehead atoms. The molecule has 0 spiro atoms. The molecule has 1 nitrogen and oxygen atoms in total. The molecule has 0 aromatic heterocycles. The molecule has 0 rings (SSSR count). The summed E-state index contributed by atoms with van der Waals surface area (Å²) in [6.07, 6.45) is 2.39. The van der Waals surface area contributed by atoms with Gasteiger partial charge in [0, 0.05) is 6.61 Å². The second kappa shape index (κ2) is 6.53. The molecular formula is C10H21BO. The Bertz CT molecular complexity index is 106. The topological polar surface area (TPSA) is 9.23 Å². The average molecular weight is 168 g/mol. The van der Waals surface area contributed by atoms with E-state index in [4.69, 9.17) is 12.7 Å². The highest BCUT2D eigenvalue weighted by Crippen LogP contribution is 2.25. The van der Waals surface area contributed by atoms with Gasteiger partial charge < -0.3 is 4.65 Å². The number of hydrogen-bond donors (Lipinski definition) is 0. The number of hydrogen-bond acceptors (Lipinski definition) is 1. The Kier molecular flexibility index (Phi) is 6.54. The fourth-order valence-electron chi connectivity index (χ4n) is 1.60. The van der Waals surface area contributed by atoms with Gasteiger partial charge in [-0.25, -0.2) is 0 Å². The summed E-state index contributed by atoms with van der Waals surface area (Å²) >= 11 is 0. The Morgan fingerprint density at radius 1 is 1.17 bits per heavy atom. The molecule has 0 aliphatic heterocycles. The predicted molar refractivity (Wildman–Crippen MR) is 54.1 cm³/mol. The zero-order valence-electron chi connectivity index (χ0n) is 8.84. The van der Waals surface area contributed by atoms with E-state index in [1.165, 1.54) is 6.42 Å². The van der Waals surface area contributed by atoms with E-state index in [9.17, 15) is 0 Å². The molecule has 0 aromatic carbocycles. The van der Waals surface area contributed by atoms with Crippen LogP contribution in [0.25, 0.3) is 0 Å². The summed E-state index contributed by atoms with van der Waals surface area (Å²) in [5, 5.41) is 0. The van der Waals surface area contributed by atoms with Crippen LogP contribution in [-0.2, 0) is 4.65 Å². The van der Waals surface area contributed by atoms with Gasteiger partial charge in [-0.2, -0.15) is 0 Å². The van der Waals surface area contributed by atoms with E-state index in [2.05, 4.69) is 27.7 Å². The minimum atomic E-state index is 0.616. The standard InChI is InChI=1S/C10H21BO/c1-5-8(3)9(4)10(6-2)7-12-11/h8-10H,5-7H2,1-4H3. The summed E-state index contributed by atoms with van der Waals surface area (Å²) in [5.41, 5.74) is 0. The molecule has 0 N–H and O–H groups in total. The van der Waals surface area contributed by atoms with Gasteiger partial charge in [-0.05, 0) is 17.8 Å². The molecule has 2 radical (unpaired) electrons. The maximum absolute atomic E-state index is 5.08. The van der Waals surface area contributed by atoms with E-state index >= 15 is 0 Å². The Labute approximate surface area is 78.3 Å². The van der Waals surface area contributed by atoms with E-state index < -0.39 is 0 Å². The van der Waals surface area contributed by atoms with Crippen molar-refractivity contribution >= 4 is 8.05 Å². The minimum Gasteiger partial charge on any atom is -0.447 e. The van der Waals surface area contributed by atoms with Gasteiger partial charge in [-0.15, -0.1) is 0 Å². The van der Waals surface area contributed by atoms with E-state index in [1.54, 1.807) is 0 Å². The molecule has 0 aromatic rings. The van der Waals surface area contributed by atoms with Crippen LogP contribution >= 0.6 is 0 Å². The summed E-state index contributed by atoms with van der Waals surface area (Å²) in [6, 6.07) is 0. The van der Waals surface area contributed by atoms with Gasteiger partial charge in [-0.3, -0.25) is 0 Å². The second-order valence-corrected chi connectivity index (χ2v) is 3.75. The fraction of sp³-hybridized carbons (Fsp3) is 1.00. The van der Waals surface area contributed by atoms with E-state index in [1.807, 2.05) is 0 Å². The summed E-state index contributed by atoms with van der Waals surface area (Å²) < 4.78 is 4.71. The van der Waals surface area contributed by atoms with Gasteiger partial charge in [-0.1, -0.05) is 40.5 Å². The Morgan fingerprint density at radius 3 is 2.08 bits per heavy atom. The van der Waals surface area contributed by atoms with E-state index in [-0.39, 0.29) is 0 Å². The van der Waals surface area contributed by atoms with Crippen LogP contribution in [-0.4, -0.2) is 14.7 Å². The van der Waals surface area contributed by atoms with Crippen LogP contribution in [0.15, 0.2) is 0 Å². The van der Waals surface area contributed by atoms with Crippen LogP contribution in [0.3, 0.4) is 0 Å². The zero-order valence-corrected chi connectivity index (χ0v) is 8.84. The monoisotopic (exact) mass is 168 g/mol. The van der Waals surface area contributed by atoms with E-state index in [0.29, 0.717) is 18.4 Å². The lowest BCUT2D eigenvalue weighted by Gasteiger charge is -2.27. The zero-order chi connectivity index (χ0) is 9.56. The van der Waals surface area contributed by atoms with Gasteiger partial charge in [0.05, 0.1) is 0 Å². The van der Waals surface area contributed by atoms with Gasteiger partial charge in [0.25, 0.3) is 8.05 Å². The molecule has 0 amide bonds. The van der Waals surface area contributed by atoms with Crippen molar-refractivity contribution in [1.82, 2.24) is 0 Å². The van der Waals surface area contributed by atoms with Crippen molar-refractivity contribution in [3.63, 3.8) is 0 Å². The SMILES string of the molecule is [B]OCC(CC)C(C)C(C)CC. The molecule has 3 unspecified atom stereocenters. The van der Waals surface area contributed by atoms with E-state index in [0.717, 1.165) is 12.3 Å². The lowest BCUT2D eigenvalue weighted by molar-refractivity contribution is 0.168. The maximum Gasteiger partial charge on any atom is 0.282 e. The van der Waals surface area contributed by atoms with Crippen LogP contribution in [0.2, 0.25) is 0 Å². The van der Waals surface area contributed by atoms with Crippen LogP contribution in [0.5, 0.6) is 0 Å². The molecule has 0 saturated carbocycles. The summed E-state index contributed by atoms with van der Waals surface area (Å²) in [4.78, 5) is 0. The van der Waals surface area contributed by atoms with Gasteiger partial charge >= 0.3 is 0 Å². The molecule has 0 heterocycles. The van der Waals surface area contributed by atoms with Crippen LogP contribution < -0.4 is 0 Å². The fourth-order valence-corrected chi connectivity index (χ4v) is 1.60. The van der Waals surface area contributed by atoms with Crippen LogP contribution in [0.1, 0.15) is 40.5 Å². The van der Waals surface area contributed by atoms with Crippen molar-refractivity contribution in [3.8, 4) is 0 Å². The lowest BCUT2D eigenvalue weighted by Crippen LogP contribution is -2.22. The quantitative estimate of drug-likeness (QED) is 0.554. The Morgan fingerprint density at radius 2 is 1.75 bits per heavy atom. The highest BCUT2D eigenvalue weighted by atomic mass is 16.4. The molecule has 12 heavy (non-hydrogen) atoms. The summed E-state index contributed by atoms with van der Waals surface area (Å²) in [5.74, 6) is 2.10. The second-order valence-electron chi connectivity index (χ2n) is 3.75. The number of rotatable bonds is 6. The summed E-state index contributed by atoms with van der Waals surface area (Å²) in [7, 11) is 5.08. The van der Waals surface area contributed by atoms with Gasteiger partial charge in [0.15, 0.2) is 0 Å². The highest BCUT2D eigenvalue weighted by molar-refractivity contribution is 5.97. The van der Waals surface area contributed by atoms with Crippen LogP contribution in [0.4, 0.5) is 0 Å². The molecule has 0 saturated heterocycles. The van der Waals surface area contributed by atoms with Crippen molar-refractivity contribution in [2.24, 2.45) is 17.8 Å². The average Bonchev–Trinajstić information content (AvgIpc) is 2.11. The largest absolute Gasteiger partial charge is 0.447 e. The summed E-state index contributed by atoms with van der Waals surface area (Å²) in [6.45, 7) is 9.72. The first-order chi connectivity index (χ1) is 5.67. The van der Waals surface area contributed by atoms with Crippen LogP contribution in [0, 0.1) is 17.8 Å². The third-order valence-electron chi connectivity index (χ3n) is 3.12. The Balaban J connectivity index is 3.91. The van der Waals surface area contributed by atoms with Crippen molar-refractivity contribution in [1.29, 1.82) is 0 Å². The molecule has 0 aliphatic carbocycles. The van der Waals surface area contributed by atoms with Gasteiger partial charge in [0.2, 0.25) is 0 Å². The molecule has 0 fully saturated rings. The lowest BCUT2D eigenvalue weighted by atomic mass is 9.81. The van der Waals surface area contributed by atoms with Crippen molar-refractivity contribution in [3.05, 3.63) is 0 Å². The normalized spacial score (nSPS) is 18.7. The minimum absolute atomic E-state index is 0.616. The first kappa shape index (κ1) is 12.0. The van der Waals surface area contributed by atoms with Crippen molar-refractivity contribution < 1.29 is 4.65 Å². The van der Waals surface area contributed by atoms with Gasteiger partial charge in [0.1, 0.15) is 0 Å². The third kappa shape index (κ3) is 3.62. The van der Waals surface area contributed by atoms with Crippen molar-refractivity contribution in [2.75, 3.05) is 6.61 Å². The third-order valence-corrected chi connectivity index (χ3v) is 3.12. The molecule has 2 heteroatoms. The molecule has 0 aliphatic rings. The maximum atomic E-state index is 5.08. The smallest absolute Gasteiger partial charge is 0.282 e. The first-order valence-electron chi connectivity index (χ1n) is 4.98. The highest BCUT2D eigenvalue weighted by Gasteiger charge is 2.19. The molecular weight excluding hydrogens is 147 g/mol. The molecule has 3 atom stereocenters. The first-order valence-corrected chi connectivity index (χ1v) is 4.98. The predicted octanol–water partition coefficient (Wildman–Crippen LogP) is 2.79. The molecule has 70 valence electrons. The van der Waals surface area contributed by atoms with Crippen molar-refractivity contribution in [2.45, 2.75) is 40.5 Å². The Hall–Kier alpha value is 0.0249.